The Balaban J connectivity index is 0. The van der Waals surface area contributed by atoms with Crippen LogP contribution in [0.5, 0.6) is 0 Å². The van der Waals surface area contributed by atoms with E-state index in [1.54, 1.807) is 14.2 Å². The van der Waals surface area contributed by atoms with Crippen molar-refractivity contribution in [2.24, 2.45) is 0 Å². The zero-order chi connectivity index (χ0) is 6.95. The summed E-state index contributed by atoms with van der Waals surface area (Å²) in [6, 6.07) is 12.0. The molecule has 0 bridgehead atoms. The molecule has 10 heavy (non-hydrogen) atoms. The van der Waals surface area contributed by atoms with Gasteiger partial charge in [0.05, 0.1) is 0 Å². The van der Waals surface area contributed by atoms with Crippen molar-refractivity contribution >= 4 is 0 Å². The maximum atomic E-state index is 4.25. The Morgan fingerprint density at radius 2 is 0.800 bits per heavy atom. The van der Waals surface area contributed by atoms with Gasteiger partial charge in [-0.1, -0.05) is 36.4 Å². The number of rotatable bonds is 0. The minimum absolute atomic E-state index is 0. The monoisotopic (exact) mass is 142 g/mol. The third-order valence-electron chi connectivity index (χ3n) is 0.667. The Labute approximate surface area is 61.8 Å². The van der Waals surface area contributed by atoms with Crippen LogP contribution in [0.2, 0.25) is 0 Å². The summed E-state index contributed by atoms with van der Waals surface area (Å²) in [7, 11) is 3.25. The molecule has 1 aromatic carbocycles. The molecule has 2 heteroatoms. The second-order valence-electron chi connectivity index (χ2n) is 1.56. The summed E-state index contributed by atoms with van der Waals surface area (Å²) in [6.45, 7) is 0. The molecule has 0 amide bonds. The molecule has 0 aromatic heterocycles. The Morgan fingerprint density at radius 3 is 0.900 bits per heavy atom. The molecule has 58 valence electrons. The Bertz CT molecular complexity index is 90.1. The van der Waals surface area contributed by atoms with Crippen molar-refractivity contribution in [2.45, 2.75) is 0 Å². The van der Waals surface area contributed by atoms with Gasteiger partial charge in [0.25, 0.3) is 0 Å². The molecule has 0 saturated heterocycles. The van der Waals surface area contributed by atoms with E-state index in [1.165, 1.54) is 0 Å². The predicted octanol–water partition coefficient (Wildman–Crippen LogP) is 1.12. The number of hydrogen-bond donors (Lipinski definition) is 0. The second kappa shape index (κ2) is 11.0. The predicted molar refractivity (Wildman–Crippen MR) is 43.0 cm³/mol. The van der Waals surface area contributed by atoms with Crippen molar-refractivity contribution in [3.05, 3.63) is 36.4 Å². The molecule has 0 aliphatic carbocycles. The van der Waals surface area contributed by atoms with Gasteiger partial charge in [-0.05, 0) is 0 Å². The van der Waals surface area contributed by atoms with Crippen LogP contribution in [0.1, 0.15) is 0 Å². The van der Waals surface area contributed by atoms with Gasteiger partial charge < -0.3 is 10.2 Å². The van der Waals surface area contributed by atoms with E-state index in [0.29, 0.717) is 0 Å². The standard InChI is InChI=1S/C6H6.C2H6O.H2O/c1-2-4-6-5-3-1;1-3-2;/h1-6H;1-2H3;1H2. The molecule has 0 spiro atoms. The molecule has 1 rings (SSSR count). The molecule has 0 aliphatic heterocycles. The number of methoxy groups -OCH3 is 1. The lowest BCUT2D eigenvalue weighted by atomic mass is 10.4. The summed E-state index contributed by atoms with van der Waals surface area (Å²) in [4.78, 5) is 0. The summed E-state index contributed by atoms with van der Waals surface area (Å²) in [5.41, 5.74) is 0. The van der Waals surface area contributed by atoms with Gasteiger partial charge in [-0.25, -0.2) is 0 Å². The van der Waals surface area contributed by atoms with Crippen LogP contribution in [0.25, 0.3) is 0 Å². The topological polar surface area (TPSA) is 40.7 Å². The molecule has 0 unspecified atom stereocenters. The van der Waals surface area contributed by atoms with Crippen LogP contribution in [0, 0.1) is 0 Å². The van der Waals surface area contributed by atoms with Crippen LogP contribution < -0.4 is 0 Å². The molecule has 0 heterocycles. The smallest absolute Gasteiger partial charge is 0.0351 e. The van der Waals surface area contributed by atoms with Crippen LogP contribution in [-0.4, -0.2) is 19.7 Å². The van der Waals surface area contributed by atoms with E-state index in [2.05, 4.69) is 4.74 Å². The maximum absolute atomic E-state index is 4.25. The number of ether oxygens (including phenoxy) is 1. The summed E-state index contributed by atoms with van der Waals surface area (Å²) < 4.78 is 4.25. The first-order valence-corrected chi connectivity index (χ1v) is 2.82. The van der Waals surface area contributed by atoms with Crippen LogP contribution in [-0.2, 0) is 4.74 Å². The van der Waals surface area contributed by atoms with Crippen molar-refractivity contribution in [1.29, 1.82) is 0 Å². The van der Waals surface area contributed by atoms with Crippen LogP contribution in [0.4, 0.5) is 0 Å². The quantitative estimate of drug-likeness (QED) is 0.535. The van der Waals surface area contributed by atoms with Crippen molar-refractivity contribution in [1.82, 2.24) is 0 Å². The largest absolute Gasteiger partial charge is 0.412 e. The molecule has 1 aromatic rings. The van der Waals surface area contributed by atoms with Crippen molar-refractivity contribution in [3.8, 4) is 0 Å². The van der Waals surface area contributed by atoms with Gasteiger partial charge in [0, 0.05) is 14.2 Å². The van der Waals surface area contributed by atoms with Gasteiger partial charge >= 0.3 is 0 Å². The fourth-order valence-electron chi connectivity index (χ4n) is 0.385. The Hall–Kier alpha value is -0.860. The summed E-state index contributed by atoms with van der Waals surface area (Å²) in [6.07, 6.45) is 0. The molecule has 2 nitrogen and oxygen atoms in total. The van der Waals surface area contributed by atoms with E-state index in [-0.39, 0.29) is 5.48 Å². The molecular weight excluding hydrogens is 128 g/mol. The molecule has 0 aliphatic rings. The molecule has 0 saturated carbocycles. The van der Waals surface area contributed by atoms with Gasteiger partial charge in [0.15, 0.2) is 0 Å². The minimum atomic E-state index is 0. The second-order valence-corrected chi connectivity index (χ2v) is 1.56. The molecule has 2 N–H and O–H groups in total. The van der Waals surface area contributed by atoms with Gasteiger partial charge in [-0.2, -0.15) is 0 Å². The molecule has 0 atom stereocenters. The molecule has 0 radical (unpaired) electrons. The zero-order valence-electron chi connectivity index (χ0n) is 6.37. The SMILES string of the molecule is COC.O.c1ccccc1. The van der Waals surface area contributed by atoms with Crippen molar-refractivity contribution in [3.63, 3.8) is 0 Å². The van der Waals surface area contributed by atoms with E-state index >= 15 is 0 Å². The van der Waals surface area contributed by atoms with Crippen molar-refractivity contribution in [2.75, 3.05) is 14.2 Å². The van der Waals surface area contributed by atoms with E-state index in [1.807, 2.05) is 36.4 Å². The average Bonchev–Trinajstić information content (AvgIpc) is 1.93. The van der Waals surface area contributed by atoms with Crippen LogP contribution >= 0.6 is 0 Å². The Kier molecular flexibility index (Phi) is 13.1. The minimum Gasteiger partial charge on any atom is -0.412 e. The van der Waals surface area contributed by atoms with E-state index in [9.17, 15) is 0 Å². The summed E-state index contributed by atoms with van der Waals surface area (Å²) in [5.74, 6) is 0. The third kappa shape index (κ3) is 10.2. The lowest BCUT2D eigenvalue weighted by Gasteiger charge is -1.69. The highest BCUT2D eigenvalue weighted by Gasteiger charge is 1.57. The van der Waals surface area contributed by atoms with E-state index in [0.717, 1.165) is 0 Å². The fraction of sp³-hybridized carbons (Fsp3) is 0.250. The lowest BCUT2D eigenvalue weighted by molar-refractivity contribution is 0.277. The maximum Gasteiger partial charge on any atom is 0.0351 e. The fourth-order valence-corrected chi connectivity index (χ4v) is 0.385. The van der Waals surface area contributed by atoms with Gasteiger partial charge in [-0.15, -0.1) is 0 Å². The number of benzene rings is 1. The van der Waals surface area contributed by atoms with Crippen LogP contribution in [0.3, 0.4) is 0 Å². The normalized spacial score (nSPS) is 6.60. The lowest BCUT2D eigenvalue weighted by Crippen LogP contribution is -1.55. The zero-order valence-corrected chi connectivity index (χ0v) is 6.37. The highest BCUT2D eigenvalue weighted by molar-refractivity contribution is 4.99. The van der Waals surface area contributed by atoms with Gasteiger partial charge in [0.2, 0.25) is 0 Å². The van der Waals surface area contributed by atoms with Gasteiger partial charge in [-0.3, -0.25) is 0 Å². The van der Waals surface area contributed by atoms with Crippen molar-refractivity contribution < 1.29 is 10.2 Å². The van der Waals surface area contributed by atoms with E-state index < -0.39 is 0 Å². The highest BCUT2D eigenvalue weighted by Crippen LogP contribution is 1.79. The highest BCUT2D eigenvalue weighted by atomic mass is 16.4. The van der Waals surface area contributed by atoms with E-state index in [4.69, 9.17) is 0 Å². The summed E-state index contributed by atoms with van der Waals surface area (Å²) in [5, 5.41) is 0. The first kappa shape index (κ1) is 11.9. The van der Waals surface area contributed by atoms with Crippen LogP contribution in [0.15, 0.2) is 36.4 Å². The van der Waals surface area contributed by atoms with Gasteiger partial charge in [0.1, 0.15) is 0 Å². The Morgan fingerprint density at radius 1 is 0.700 bits per heavy atom. The number of hydrogen-bond acceptors (Lipinski definition) is 1. The average molecular weight is 142 g/mol. The summed E-state index contributed by atoms with van der Waals surface area (Å²) >= 11 is 0. The third-order valence-corrected chi connectivity index (χ3v) is 0.667. The molecular formula is C8H14O2. The first-order chi connectivity index (χ1) is 4.41. The molecule has 0 fully saturated rings. The first-order valence-electron chi connectivity index (χ1n) is 2.82.